The van der Waals surface area contributed by atoms with Crippen LogP contribution in [0.4, 0.5) is 5.69 Å². The number of rotatable bonds is 11. The molecular weight excluding hydrogens is 338 g/mol. The number of amides is 1. The number of benzene rings is 2. The van der Waals surface area contributed by atoms with E-state index < -0.39 is 0 Å². The molecule has 0 aromatic heterocycles. The van der Waals surface area contributed by atoms with E-state index in [1.807, 2.05) is 50.2 Å². The van der Waals surface area contributed by atoms with Gasteiger partial charge < -0.3 is 14.8 Å². The molecule has 27 heavy (non-hydrogen) atoms. The Morgan fingerprint density at radius 2 is 1.70 bits per heavy atom. The van der Waals surface area contributed by atoms with E-state index >= 15 is 0 Å². The Morgan fingerprint density at radius 3 is 2.41 bits per heavy atom. The fourth-order valence-electron chi connectivity index (χ4n) is 2.72. The Labute approximate surface area is 162 Å². The summed E-state index contributed by atoms with van der Waals surface area (Å²) in [5.41, 5.74) is 1.31. The number of carbonyl (C=O) groups excluding carboxylic acids is 1. The highest BCUT2D eigenvalue weighted by Gasteiger charge is 2.08. The van der Waals surface area contributed by atoms with Crippen LogP contribution in [0, 0.1) is 0 Å². The molecule has 4 heteroatoms. The summed E-state index contributed by atoms with van der Waals surface area (Å²) in [6.07, 6.45) is 6.18. The van der Waals surface area contributed by atoms with Crippen molar-refractivity contribution in [3.63, 3.8) is 0 Å². The van der Waals surface area contributed by atoms with Gasteiger partial charge in [-0.05, 0) is 62.7 Å². The molecular formula is C23H31NO3. The molecule has 0 spiro atoms. The highest BCUT2D eigenvalue weighted by molar-refractivity contribution is 6.04. The monoisotopic (exact) mass is 369 g/mol. The molecule has 1 amide bonds. The van der Waals surface area contributed by atoms with Gasteiger partial charge in [-0.1, -0.05) is 38.7 Å². The molecule has 146 valence electrons. The zero-order valence-corrected chi connectivity index (χ0v) is 16.7. The lowest BCUT2D eigenvalue weighted by Gasteiger charge is -2.11. The average Bonchev–Trinajstić information content (AvgIpc) is 2.65. The maximum absolute atomic E-state index is 12.4. The summed E-state index contributed by atoms with van der Waals surface area (Å²) in [7, 11) is 0. The van der Waals surface area contributed by atoms with Crippen molar-refractivity contribution in [2.45, 2.75) is 59.0 Å². The number of anilines is 1. The number of hydrogen-bond acceptors (Lipinski definition) is 3. The summed E-state index contributed by atoms with van der Waals surface area (Å²) in [5, 5.41) is 2.91. The molecule has 2 aromatic carbocycles. The van der Waals surface area contributed by atoms with Gasteiger partial charge in [0, 0.05) is 11.3 Å². The maximum atomic E-state index is 12.4. The van der Waals surface area contributed by atoms with Crippen LogP contribution < -0.4 is 14.8 Å². The van der Waals surface area contributed by atoms with Crippen molar-refractivity contribution in [1.29, 1.82) is 0 Å². The van der Waals surface area contributed by atoms with Crippen molar-refractivity contribution >= 4 is 11.6 Å². The molecule has 0 fully saturated rings. The smallest absolute Gasteiger partial charge is 0.255 e. The van der Waals surface area contributed by atoms with Gasteiger partial charge >= 0.3 is 0 Å². The predicted octanol–water partition coefficient (Wildman–Crippen LogP) is 6.08. The normalized spacial score (nSPS) is 10.7. The van der Waals surface area contributed by atoms with Gasteiger partial charge in [-0.25, -0.2) is 0 Å². The second-order valence-electron chi connectivity index (χ2n) is 6.94. The molecule has 0 saturated carbocycles. The van der Waals surface area contributed by atoms with Crippen molar-refractivity contribution < 1.29 is 14.3 Å². The minimum atomic E-state index is -0.159. The first-order valence-electron chi connectivity index (χ1n) is 9.89. The lowest BCUT2D eigenvalue weighted by Crippen LogP contribution is -2.12. The summed E-state index contributed by atoms with van der Waals surface area (Å²) in [4.78, 5) is 12.4. The molecule has 0 radical (unpaired) electrons. The van der Waals surface area contributed by atoms with Crippen molar-refractivity contribution in [2.24, 2.45) is 0 Å². The van der Waals surface area contributed by atoms with Gasteiger partial charge in [0.05, 0.1) is 12.7 Å². The van der Waals surface area contributed by atoms with Crippen LogP contribution in [0.2, 0.25) is 0 Å². The van der Waals surface area contributed by atoms with Crippen LogP contribution in [0.15, 0.2) is 48.5 Å². The highest BCUT2D eigenvalue weighted by atomic mass is 16.5. The van der Waals surface area contributed by atoms with E-state index in [2.05, 4.69) is 12.2 Å². The van der Waals surface area contributed by atoms with Crippen LogP contribution in [0.25, 0.3) is 0 Å². The molecule has 0 atom stereocenters. The van der Waals surface area contributed by atoms with Crippen LogP contribution in [-0.2, 0) is 0 Å². The van der Waals surface area contributed by atoms with Gasteiger partial charge in [-0.2, -0.15) is 0 Å². The quantitative estimate of drug-likeness (QED) is 0.489. The molecule has 2 rings (SSSR count). The number of carbonyl (C=O) groups is 1. The van der Waals surface area contributed by atoms with Crippen molar-refractivity contribution in [2.75, 3.05) is 11.9 Å². The molecule has 0 aliphatic heterocycles. The highest BCUT2D eigenvalue weighted by Crippen LogP contribution is 2.19. The van der Waals surface area contributed by atoms with Gasteiger partial charge in [0.2, 0.25) is 0 Å². The Kier molecular flexibility index (Phi) is 8.69. The van der Waals surface area contributed by atoms with E-state index in [0.29, 0.717) is 11.3 Å². The van der Waals surface area contributed by atoms with E-state index in [-0.39, 0.29) is 12.0 Å². The molecule has 0 aliphatic carbocycles. The molecule has 0 heterocycles. The van der Waals surface area contributed by atoms with Crippen molar-refractivity contribution in [3.8, 4) is 11.5 Å². The Hall–Kier alpha value is -2.49. The second-order valence-corrected chi connectivity index (χ2v) is 6.94. The molecule has 0 saturated heterocycles. The second kappa shape index (κ2) is 11.3. The minimum absolute atomic E-state index is 0.0718. The fraction of sp³-hybridized carbons (Fsp3) is 0.435. The van der Waals surface area contributed by atoms with Crippen molar-refractivity contribution in [1.82, 2.24) is 0 Å². The van der Waals surface area contributed by atoms with Gasteiger partial charge in [0.15, 0.2) is 0 Å². The number of nitrogens with one attached hydrogen (secondary N) is 1. The molecule has 0 bridgehead atoms. The summed E-state index contributed by atoms with van der Waals surface area (Å²) in [5.74, 6) is 1.37. The summed E-state index contributed by atoms with van der Waals surface area (Å²) >= 11 is 0. The largest absolute Gasteiger partial charge is 0.494 e. The number of unbranched alkanes of at least 4 members (excludes halogenated alkanes) is 4. The third-order valence-corrected chi connectivity index (χ3v) is 4.10. The lowest BCUT2D eigenvalue weighted by molar-refractivity contribution is 0.102. The van der Waals surface area contributed by atoms with E-state index in [1.54, 1.807) is 12.1 Å². The Balaban J connectivity index is 1.82. The first-order valence-corrected chi connectivity index (χ1v) is 9.89. The van der Waals surface area contributed by atoms with Gasteiger partial charge in [-0.15, -0.1) is 0 Å². The third kappa shape index (κ3) is 7.73. The Bertz CT molecular complexity index is 695. The predicted molar refractivity (Wildman–Crippen MR) is 111 cm³/mol. The van der Waals surface area contributed by atoms with Gasteiger partial charge in [0.25, 0.3) is 5.91 Å². The molecule has 4 nitrogen and oxygen atoms in total. The van der Waals surface area contributed by atoms with Crippen LogP contribution in [-0.4, -0.2) is 18.6 Å². The van der Waals surface area contributed by atoms with E-state index in [1.165, 1.54) is 25.7 Å². The number of ether oxygens (including phenoxy) is 2. The SMILES string of the molecule is CCCCCCCOc1ccc(NC(=O)c2cccc(OC(C)C)c2)cc1. The van der Waals surface area contributed by atoms with E-state index in [9.17, 15) is 4.79 Å². The van der Waals surface area contributed by atoms with Crippen LogP contribution in [0.5, 0.6) is 11.5 Å². The zero-order valence-electron chi connectivity index (χ0n) is 16.7. The average molecular weight is 370 g/mol. The van der Waals surface area contributed by atoms with Gasteiger partial charge in [-0.3, -0.25) is 4.79 Å². The zero-order chi connectivity index (χ0) is 19.5. The molecule has 1 N–H and O–H groups in total. The topological polar surface area (TPSA) is 47.6 Å². The number of hydrogen-bond donors (Lipinski definition) is 1. The third-order valence-electron chi connectivity index (χ3n) is 4.10. The lowest BCUT2D eigenvalue weighted by atomic mass is 10.2. The van der Waals surface area contributed by atoms with Gasteiger partial charge in [0.1, 0.15) is 11.5 Å². The maximum Gasteiger partial charge on any atom is 0.255 e. The van der Waals surface area contributed by atoms with E-state index in [0.717, 1.165) is 24.5 Å². The fourth-order valence-corrected chi connectivity index (χ4v) is 2.72. The van der Waals surface area contributed by atoms with Crippen LogP contribution in [0.1, 0.15) is 63.2 Å². The van der Waals surface area contributed by atoms with Crippen molar-refractivity contribution in [3.05, 3.63) is 54.1 Å². The molecule has 2 aromatic rings. The summed E-state index contributed by atoms with van der Waals surface area (Å²) < 4.78 is 11.4. The van der Waals surface area contributed by atoms with Crippen LogP contribution in [0.3, 0.4) is 0 Å². The summed E-state index contributed by atoms with van der Waals surface area (Å²) in [6.45, 7) is 6.87. The standard InChI is InChI=1S/C23H31NO3/c1-4-5-6-7-8-16-26-21-14-12-20(13-15-21)24-23(25)19-10-9-11-22(17-19)27-18(2)3/h9-15,17-18H,4-8,16H2,1-3H3,(H,24,25). The van der Waals surface area contributed by atoms with E-state index in [4.69, 9.17) is 9.47 Å². The molecule has 0 unspecified atom stereocenters. The first-order chi connectivity index (χ1) is 13.1. The first kappa shape index (κ1) is 20.8. The van der Waals surface area contributed by atoms with Crippen LogP contribution >= 0.6 is 0 Å². The molecule has 0 aliphatic rings. The summed E-state index contributed by atoms with van der Waals surface area (Å²) in [6, 6.07) is 14.7. The minimum Gasteiger partial charge on any atom is -0.494 e. The Morgan fingerprint density at radius 1 is 0.963 bits per heavy atom.